The number of amides is 1. The zero-order valence-corrected chi connectivity index (χ0v) is 11.6. The van der Waals surface area contributed by atoms with E-state index in [2.05, 4.69) is 16.1 Å². The maximum absolute atomic E-state index is 12.4. The van der Waals surface area contributed by atoms with Crippen molar-refractivity contribution in [2.75, 3.05) is 26.2 Å². The van der Waals surface area contributed by atoms with Gasteiger partial charge in [0.1, 0.15) is 0 Å². The second-order valence-corrected chi connectivity index (χ2v) is 4.90. The van der Waals surface area contributed by atoms with Gasteiger partial charge in [-0.05, 0) is 13.8 Å². The minimum absolute atomic E-state index is 0.0369. The first kappa shape index (κ1) is 13.6. The van der Waals surface area contributed by atoms with Crippen molar-refractivity contribution in [2.24, 2.45) is 7.05 Å². The summed E-state index contributed by atoms with van der Waals surface area (Å²) in [4.78, 5) is 16.3. The fourth-order valence-corrected chi connectivity index (χ4v) is 2.27. The average molecular weight is 261 g/mol. The van der Waals surface area contributed by atoms with Crippen LogP contribution in [0.5, 0.6) is 0 Å². The lowest BCUT2D eigenvalue weighted by molar-refractivity contribution is 0.0615. The minimum atomic E-state index is -0.0858. The maximum atomic E-state index is 12.4. The highest BCUT2D eigenvalue weighted by molar-refractivity contribution is 5.95. The Balaban J connectivity index is 2.00. The Hall–Kier alpha value is -1.87. The Morgan fingerprint density at radius 3 is 2.53 bits per heavy atom. The molecule has 1 aliphatic rings. The first-order valence-electron chi connectivity index (χ1n) is 6.46. The summed E-state index contributed by atoms with van der Waals surface area (Å²) in [6.45, 7) is 6.62. The average Bonchev–Trinajstić information content (AvgIpc) is 2.77. The van der Waals surface area contributed by atoms with Gasteiger partial charge in [-0.3, -0.25) is 14.4 Å². The van der Waals surface area contributed by atoms with Crippen LogP contribution < -0.4 is 0 Å². The van der Waals surface area contributed by atoms with Crippen molar-refractivity contribution in [1.82, 2.24) is 19.6 Å². The van der Waals surface area contributed by atoms with Crippen LogP contribution in [-0.2, 0) is 7.05 Å². The van der Waals surface area contributed by atoms with Gasteiger partial charge in [0.15, 0.2) is 0 Å². The van der Waals surface area contributed by atoms with E-state index in [0.717, 1.165) is 18.8 Å². The number of hydrogen-bond donors (Lipinski definition) is 0. The Bertz CT molecular complexity index is 508. The molecule has 1 saturated heterocycles. The molecule has 2 heterocycles. The van der Waals surface area contributed by atoms with Crippen molar-refractivity contribution < 1.29 is 4.79 Å². The Morgan fingerprint density at radius 1 is 1.42 bits per heavy atom. The van der Waals surface area contributed by atoms with Crippen LogP contribution >= 0.6 is 0 Å². The van der Waals surface area contributed by atoms with Crippen molar-refractivity contribution in [3.05, 3.63) is 17.5 Å². The van der Waals surface area contributed by atoms with Gasteiger partial charge in [0, 0.05) is 38.9 Å². The van der Waals surface area contributed by atoms with Crippen molar-refractivity contribution in [3.8, 4) is 6.07 Å². The first-order chi connectivity index (χ1) is 9.04. The number of carbonyl (C=O) groups is 1. The number of aromatic nitrogens is 2. The lowest BCUT2D eigenvalue weighted by Crippen LogP contribution is -2.51. The first-order valence-corrected chi connectivity index (χ1v) is 6.46. The van der Waals surface area contributed by atoms with Gasteiger partial charge in [-0.2, -0.15) is 10.4 Å². The smallest absolute Gasteiger partial charge is 0.257 e. The second kappa shape index (κ2) is 5.41. The van der Waals surface area contributed by atoms with E-state index in [9.17, 15) is 4.79 Å². The van der Waals surface area contributed by atoms with Crippen LogP contribution in [0.25, 0.3) is 0 Å². The summed E-state index contributed by atoms with van der Waals surface area (Å²) in [5, 5.41) is 13.0. The molecular formula is C13H19N5O. The number of nitriles is 1. The molecule has 2 rings (SSSR count). The van der Waals surface area contributed by atoms with Gasteiger partial charge in [-0.15, -0.1) is 0 Å². The predicted molar refractivity (Wildman–Crippen MR) is 70.5 cm³/mol. The Labute approximate surface area is 113 Å². The number of rotatable bonds is 2. The number of aryl methyl sites for hydroxylation is 1. The van der Waals surface area contributed by atoms with E-state index in [4.69, 9.17) is 5.26 Å². The molecule has 6 nitrogen and oxygen atoms in total. The van der Waals surface area contributed by atoms with Crippen molar-refractivity contribution in [2.45, 2.75) is 19.9 Å². The molecule has 1 aromatic rings. The number of hydrogen-bond acceptors (Lipinski definition) is 4. The van der Waals surface area contributed by atoms with E-state index in [1.807, 2.05) is 25.8 Å². The van der Waals surface area contributed by atoms with Crippen molar-refractivity contribution >= 4 is 5.91 Å². The molecule has 1 aliphatic heterocycles. The molecular weight excluding hydrogens is 242 g/mol. The predicted octanol–water partition coefficient (Wildman–Crippen LogP) is 0.398. The van der Waals surface area contributed by atoms with E-state index in [1.54, 1.807) is 10.9 Å². The summed E-state index contributed by atoms with van der Waals surface area (Å²) in [5.74, 6) is 0.0369. The molecule has 1 aromatic heterocycles. The molecule has 0 spiro atoms. The van der Waals surface area contributed by atoms with E-state index < -0.39 is 0 Å². The molecule has 0 saturated carbocycles. The third kappa shape index (κ3) is 2.61. The van der Waals surface area contributed by atoms with Crippen LogP contribution in [0.4, 0.5) is 0 Å². The quantitative estimate of drug-likeness (QED) is 0.773. The summed E-state index contributed by atoms with van der Waals surface area (Å²) in [7, 11) is 1.83. The molecule has 0 aromatic carbocycles. The molecule has 1 amide bonds. The Kier molecular flexibility index (Phi) is 3.86. The van der Waals surface area contributed by atoms with E-state index >= 15 is 0 Å². The molecule has 0 bridgehead atoms. The van der Waals surface area contributed by atoms with Crippen LogP contribution in [0.2, 0.25) is 0 Å². The van der Waals surface area contributed by atoms with Gasteiger partial charge in [-0.25, -0.2) is 0 Å². The van der Waals surface area contributed by atoms with Gasteiger partial charge in [0.25, 0.3) is 5.91 Å². The number of piperazine rings is 1. The number of nitrogens with zero attached hydrogens (tertiary/aromatic N) is 5. The summed E-state index contributed by atoms with van der Waals surface area (Å²) in [5.41, 5.74) is 1.56. The van der Waals surface area contributed by atoms with Crippen LogP contribution in [-0.4, -0.2) is 57.7 Å². The fourth-order valence-electron chi connectivity index (χ4n) is 2.27. The molecule has 102 valence electrons. The SMILES string of the molecule is Cc1c(C(=O)N2CCN(C(C)C#N)CC2)cnn1C. The third-order valence-corrected chi connectivity index (χ3v) is 3.80. The molecule has 1 fully saturated rings. The van der Waals surface area contributed by atoms with Gasteiger partial charge in [0.2, 0.25) is 0 Å². The van der Waals surface area contributed by atoms with Gasteiger partial charge >= 0.3 is 0 Å². The molecule has 0 radical (unpaired) electrons. The summed E-state index contributed by atoms with van der Waals surface area (Å²) in [6.07, 6.45) is 1.63. The van der Waals surface area contributed by atoms with Crippen molar-refractivity contribution in [1.29, 1.82) is 5.26 Å². The highest BCUT2D eigenvalue weighted by atomic mass is 16.2. The monoisotopic (exact) mass is 261 g/mol. The molecule has 1 atom stereocenters. The summed E-state index contributed by atoms with van der Waals surface area (Å²) < 4.78 is 1.71. The van der Waals surface area contributed by atoms with Crippen LogP contribution in [0.15, 0.2) is 6.20 Å². The second-order valence-electron chi connectivity index (χ2n) is 4.90. The zero-order valence-electron chi connectivity index (χ0n) is 11.6. The number of carbonyl (C=O) groups excluding carboxylic acids is 1. The van der Waals surface area contributed by atoms with Crippen LogP contribution in [0.1, 0.15) is 23.0 Å². The van der Waals surface area contributed by atoms with Crippen molar-refractivity contribution in [3.63, 3.8) is 0 Å². The summed E-state index contributed by atoms with van der Waals surface area (Å²) >= 11 is 0. The van der Waals surface area contributed by atoms with Gasteiger partial charge < -0.3 is 4.90 Å². The van der Waals surface area contributed by atoms with Gasteiger partial charge in [-0.1, -0.05) is 0 Å². The highest BCUT2D eigenvalue weighted by Gasteiger charge is 2.26. The third-order valence-electron chi connectivity index (χ3n) is 3.80. The molecule has 1 unspecified atom stereocenters. The lowest BCUT2D eigenvalue weighted by Gasteiger charge is -2.35. The molecule has 0 N–H and O–H groups in total. The van der Waals surface area contributed by atoms with Crippen LogP contribution in [0.3, 0.4) is 0 Å². The zero-order chi connectivity index (χ0) is 14.0. The summed E-state index contributed by atoms with van der Waals surface area (Å²) in [6, 6.07) is 2.15. The molecule has 19 heavy (non-hydrogen) atoms. The topological polar surface area (TPSA) is 65.2 Å². The lowest BCUT2D eigenvalue weighted by atomic mass is 10.2. The maximum Gasteiger partial charge on any atom is 0.257 e. The normalized spacial score (nSPS) is 18.1. The molecule has 0 aliphatic carbocycles. The molecule has 6 heteroatoms. The fraction of sp³-hybridized carbons (Fsp3) is 0.615. The van der Waals surface area contributed by atoms with E-state index in [-0.39, 0.29) is 11.9 Å². The van der Waals surface area contributed by atoms with Crippen LogP contribution in [0, 0.1) is 18.3 Å². The highest BCUT2D eigenvalue weighted by Crippen LogP contribution is 2.13. The minimum Gasteiger partial charge on any atom is -0.336 e. The van der Waals surface area contributed by atoms with E-state index in [1.165, 1.54) is 0 Å². The Morgan fingerprint density at radius 2 is 2.05 bits per heavy atom. The van der Waals surface area contributed by atoms with E-state index in [0.29, 0.717) is 18.7 Å². The largest absolute Gasteiger partial charge is 0.336 e. The standard InChI is InChI=1S/C13H19N5O/c1-10(8-14)17-4-6-18(7-5-17)13(19)12-9-15-16(3)11(12)2/h9-10H,4-7H2,1-3H3. The van der Waals surface area contributed by atoms with Gasteiger partial charge in [0.05, 0.1) is 23.9 Å².